The Morgan fingerprint density at radius 3 is 2.52 bits per heavy atom. The number of ether oxygens (including phenoxy) is 1. The zero-order chi connectivity index (χ0) is 20.3. The number of halogens is 2. The van der Waals surface area contributed by atoms with Crippen molar-refractivity contribution in [3.05, 3.63) is 93.1 Å². The van der Waals surface area contributed by atoms with E-state index in [-0.39, 0.29) is 5.82 Å². The number of aromatic nitrogens is 3. The van der Waals surface area contributed by atoms with Crippen LogP contribution in [0.2, 0.25) is 5.02 Å². The van der Waals surface area contributed by atoms with E-state index in [1.54, 1.807) is 24.3 Å². The zero-order valence-corrected chi connectivity index (χ0v) is 16.4. The van der Waals surface area contributed by atoms with Crippen molar-refractivity contribution in [2.75, 3.05) is 19.7 Å². The first-order valence-electron chi connectivity index (χ1n) is 9.32. The van der Waals surface area contributed by atoms with E-state index in [2.05, 4.69) is 15.3 Å². The molecule has 29 heavy (non-hydrogen) atoms. The molecular weight excluding hydrogens is 395 g/mol. The fourth-order valence-electron chi connectivity index (χ4n) is 3.40. The summed E-state index contributed by atoms with van der Waals surface area (Å²) in [6, 6.07) is 13.5. The predicted octanol–water partition coefficient (Wildman–Crippen LogP) is 2.54. The lowest BCUT2D eigenvalue weighted by molar-refractivity contribution is -0.0773. The minimum absolute atomic E-state index is 0.300. The van der Waals surface area contributed by atoms with Crippen molar-refractivity contribution >= 4 is 11.6 Å². The molecule has 0 spiro atoms. The van der Waals surface area contributed by atoms with Crippen molar-refractivity contribution in [3.8, 4) is 0 Å². The van der Waals surface area contributed by atoms with Crippen molar-refractivity contribution in [1.29, 1.82) is 0 Å². The molecule has 0 bridgehead atoms. The lowest BCUT2D eigenvalue weighted by Gasteiger charge is -2.36. The van der Waals surface area contributed by atoms with Gasteiger partial charge in [-0.25, -0.2) is 14.2 Å². The fraction of sp³-hybridized carbons (Fsp3) is 0.286. The molecule has 1 fully saturated rings. The highest BCUT2D eigenvalue weighted by molar-refractivity contribution is 6.30. The van der Waals surface area contributed by atoms with Gasteiger partial charge in [0.15, 0.2) is 5.82 Å². The second-order valence-corrected chi connectivity index (χ2v) is 7.48. The van der Waals surface area contributed by atoms with Crippen LogP contribution in [0.4, 0.5) is 4.39 Å². The topological polar surface area (TPSA) is 69.0 Å². The molecule has 6 nitrogen and oxygen atoms in total. The van der Waals surface area contributed by atoms with Crippen molar-refractivity contribution < 1.29 is 9.13 Å². The van der Waals surface area contributed by atoms with Crippen LogP contribution in [-0.4, -0.2) is 34.2 Å². The van der Waals surface area contributed by atoms with Gasteiger partial charge in [-0.2, -0.15) is 4.98 Å². The van der Waals surface area contributed by atoms with Crippen molar-refractivity contribution in [2.45, 2.75) is 18.6 Å². The van der Waals surface area contributed by atoms with E-state index >= 15 is 0 Å². The Morgan fingerprint density at radius 2 is 1.86 bits per heavy atom. The van der Waals surface area contributed by atoms with E-state index < -0.39 is 11.3 Å². The Hall–Kier alpha value is -2.61. The van der Waals surface area contributed by atoms with E-state index in [0.717, 1.165) is 11.1 Å². The highest BCUT2D eigenvalue weighted by Crippen LogP contribution is 2.28. The number of morpholine rings is 1. The van der Waals surface area contributed by atoms with Gasteiger partial charge in [0.25, 0.3) is 0 Å². The van der Waals surface area contributed by atoms with Crippen LogP contribution in [0, 0.1) is 5.82 Å². The molecule has 3 aromatic rings. The molecule has 150 valence electrons. The summed E-state index contributed by atoms with van der Waals surface area (Å²) < 4.78 is 20.8. The van der Waals surface area contributed by atoms with Crippen LogP contribution >= 0.6 is 11.6 Å². The van der Waals surface area contributed by atoms with Crippen molar-refractivity contribution in [1.82, 2.24) is 19.9 Å². The summed E-state index contributed by atoms with van der Waals surface area (Å²) in [5, 5.41) is 3.92. The lowest BCUT2D eigenvalue weighted by Crippen LogP contribution is -2.51. The van der Waals surface area contributed by atoms with Gasteiger partial charge in [-0.05, 0) is 35.4 Å². The summed E-state index contributed by atoms with van der Waals surface area (Å²) in [6.07, 6.45) is 1.92. The second-order valence-electron chi connectivity index (χ2n) is 7.04. The molecule has 1 saturated heterocycles. The highest BCUT2D eigenvalue weighted by Gasteiger charge is 2.39. The number of hydrogen-bond acceptors (Lipinski definition) is 5. The Kier molecular flexibility index (Phi) is 5.71. The molecule has 2 heterocycles. The molecule has 8 heteroatoms. The molecule has 1 aromatic heterocycles. The summed E-state index contributed by atoms with van der Waals surface area (Å²) in [5.41, 5.74) is 0.514. The standard InChI is InChI=1S/C21H20ClFN4O2/c22-17-5-1-16(2-6-17)12-27-14-25-19(26-20(27)28)21(13-24-9-10-29-21)11-15-3-7-18(23)8-4-15/h1-8,14,24H,9-13H2. The third-order valence-electron chi connectivity index (χ3n) is 4.91. The molecular formula is C21H20ClFN4O2. The van der Waals surface area contributed by atoms with Crippen LogP contribution in [0.5, 0.6) is 0 Å². The number of benzene rings is 2. The second kappa shape index (κ2) is 8.41. The maximum absolute atomic E-state index is 13.3. The molecule has 0 amide bonds. The van der Waals surface area contributed by atoms with E-state index in [1.807, 2.05) is 12.1 Å². The lowest BCUT2D eigenvalue weighted by atomic mass is 9.92. The third kappa shape index (κ3) is 4.53. The van der Waals surface area contributed by atoms with Crippen LogP contribution in [0.25, 0.3) is 0 Å². The number of rotatable bonds is 5. The number of hydrogen-bond donors (Lipinski definition) is 1. The van der Waals surface area contributed by atoms with Gasteiger partial charge < -0.3 is 10.1 Å². The average molecular weight is 415 g/mol. The van der Waals surface area contributed by atoms with Gasteiger partial charge in [0.2, 0.25) is 0 Å². The monoisotopic (exact) mass is 414 g/mol. The van der Waals surface area contributed by atoms with Crippen LogP contribution in [0.15, 0.2) is 59.7 Å². The Morgan fingerprint density at radius 1 is 1.14 bits per heavy atom. The Labute approximate surface area is 172 Å². The maximum Gasteiger partial charge on any atom is 0.350 e. The SMILES string of the molecule is O=c1nc(C2(Cc3ccc(F)cc3)CNCCO2)ncn1Cc1ccc(Cl)cc1. The van der Waals surface area contributed by atoms with Crippen LogP contribution in [0.1, 0.15) is 17.0 Å². The van der Waals surface area contributed by atoms with Gasteiger partial charge in [0.1, 0.15) is 17.7 Å². The van der Waals surface area contributed by atoms with Gasteiger partial charge in [0, 0.05) is 24.5 Å². The first-order valence-corrected chi connectivity index (χ1v) is 9.69. The molecule has 1 unspecified atom stereocenters. The summed E-state index contributed by atoms with van der Waals surface area (Å²) in [6.45, 7) is 1.99. The molecule has 4 rings (SSSR count). The summed E-state index contributed by atoms with van der Waals surface area (Å²) in [7, 11) is 0. The summed E-state index contributed by atoms with van der Waals surface area (Å²) >= 11 is 5.91. The van der Waals surface area contributed by atoms with Gasteiger partial charge in [-0.3, -0.25) is 4.57 Å². The average Bonchev–Trinajstić information content (AvgIpc) is 2.73. The van der Waals surface area contributed by atoms with Gasteiger partial charge in [-0.15, -0.1) is 0 Å². The van der Waals surface area contributed by atoms with Gasteiger partial charge in [-0.1, -0.05) is 35.9 Å². The van der Waals surface area contributed by atoms with E-state index in [1.165, 1.54) is 23.0 Å². The van der Waals surface area contributed by atoms with Crippen LogP contribution < -0.4 is 11.0 Å². The van der Waals surface area contributed by atoms with Gasteiger partial charge >= 0.3 is 5.69 Å². The van der Waals surface area contributed by atoms with Crippen molar-refractivity contribution in [3.63, 3.8) is 0 Å². The first-order chi connectivity index (χ1) is 14.0. The van der Waals surface area contributed by atoms with Gasteiger partial charge in [0.05, 0.1) is 13.2 Å². The molecule has 0 radical (unpaired) electrons. The molecule has 2 aromatic carbocycles. The largest absolute Gasteiger partial charge is 0.364 e. The zero-order valence-electron chi connectivity index (χ0n) is 15.6. The third-order valence-corrected chi connectivity index (χ3v) is 5.16. The fourth-order valence-corrected chi connectivity index (χ4v) is 3.53. The minimum atomic E-state index is -0.880. The number of nitrogens with one attached hydrogen (secondary N) is 1. The number of nitrogens with zero attached hydrogens (tertiary/aromatic N) is 3. The van der Waals surface area contributed by atoms with E-state index in [0.29, 0.717) is 43.5 Å². The van der Waals surface area contributed by atoms with Crippen molar-refractivity contribution in [2.24, 2.45) is 0 Å². The predicted molar refractivity (Wildman–Crippen MR) is 107 cm³/mol. The van der Waals surface area contributed by atoms with E-state index in [9.17, 15) is 9.18 Å². The smallest absolute Gasteiger partial charge is 0.350 e. The Balaban J connectivity index is 1.62. The first kappa shape index (κ1) is 19.7. The molecule has 1 aliphatic rings. The molecule has 0 aliphatic carbocycles. The Bertz CT molecular complexity index is 1030. The van der Waals surface area contributed by atoms with E-state index in [4.69, 9.17) is 16.3 Å². The normalized spacial score (nSPS) is 19.2. The quantitative estimate of drug-likeness (QED) is 0.694. The molecule has 1 atom stereocenters. The van der Waals surface area contributed by atoms with Crippen LogP contribution in [0.3, 0.4) is 0 Å². The highest BCUT2D eigenvalue weighted by atomic mass is 35.5. The molecule has 1 aliphatic heterocycles. The maximum atomic E-state index is 13.3. The summed E-state index contributed by atoms with van der Waals surface area (Å²) in [5.74, 6) is 0.0258. The molecule has 1 N–H and O–H groups in total. The minimum Gasteiger partial charge on any atom is -0.364 e. The van der Waals surface area contributed by atoms with Crippen LogP contribution in [-0.2, 0) is 23.3 Å². The molecule has 0 saturated carbocycles. The summed E-state index contributed by atoms with van der Waals surface area (Å²) in [4.78, 5) is 21.3.